The third kappa shape index (κ3) is 2.00. The van der Waals surface area contributed by atoms with E-state index in [9.17, 15) is 18.3 Å². The van der Waals surface area contributed by atoms with Crippen LogP contribution in [0.1, 0.15) is 11.4 Å². The van der Waals surface area contributed by atoms with Crippen LogP contribution in [0.15, 0.2) is 35.7 Å². The second-order valence-electron chi connectivity index (χ2n) is 4.09. The molecule has 0 amide bonds. The predicted molar refractivity (Wildman–Crippen MR) is 68.5 cm³/mol. The van der Waals surface area contributed by atoms with Gasteiger partial charge in [0.05, 0.1) is 5.52 Å². The Hall–Kier alpha value is -2.15. The molecule has 3 nitrogen and oxygen atoms in total. The zero-order valence-electron chi connectivity index (χ0n) is 9.85. The van der Waals surface area contributed by atoms with Gasteiger partial charge in [0.1, 0.15) is 10.5 Å². The predicted octanol–water partition coefficient (Wildman–Crippen LogP) is 3.68. The van der Waals surface area contributed by atoms with Crippen molar-refractivity contribution in [3.8, 4) is 5.88 Å². The van der Waals surface area contributed by atoms with Crippen molar-refractivity contribution >= 4 is 21.6 Å². The fraction of sp³-hybridized carbons (Fsp3) is 0.0769. The molecule has 0 aliphatic carbocycles. The summed E-state index contributed by atoms with van der Waals surface area (Å²) < 4.78 is 41.7. The van der Waals surface area contributed by atoms with Crippen molar-refractivity contribution < 1.29 is 18.3 Å². The van der Waals surface area contributed by atoms with Crippen LogP contribution >= 0.6 is 11.3 Å². The first-order valence-corrected chi connectivity index (χ1v) is 6.45. The Bertz CT molecular complexity index is 771. The third-order valence-electron chi connectivity index (χ3n) is 2.77. The number of hydrogen-bond acceptors (Lipinski definition) is 4. The van der Waals surface area contributed by atoms with Gasteiger partial charge in [0, 0.05) is 5.56 Å². The summed E-state index contributed by atoms with van der Waals surface area (Å²) in [7, 11) is 0. The van der Waals surface area contributed by atoms with E-state index in [2.05, 4.69) is 9.97 Å². The molecule has 102 valence electrons. The van der Waals surface area contributed by atoms with Gasteiger partial charge in [-0.05, 0) is 35.7 Å². The Balaban J connectivity index is 2.14. The van der Waals surface area contributed by atoms with Crippen molar-refractivity contribution in [3.05, 3.63) is 52.9 Å². The second-order valence-corrected chi connectivity index (χ2v) is 5.00. The zero-order valence-corrected chi connectivity index (χ0v) is 10.7. The Morgan fingerprint density at radius 2 is 1.75 bits per heavy atom. The van der Waals surface area contributed by atoms with E-state index in [-0.39, 0.29) is 5.52 Å². The zero-order chi connectivity index (χ0) is 14.3. The first-order chi connectivity index (χ1) is 9.48. The minimum absolute atomic E-state index is 0.249. The van der Waals surface area contributed by atoms with Crippen molar-refractivity contribution in [2.24, 2.45) is 0 Å². The molecule has 0 fully saturated rings. The molecule has 2 heterocycles. The van der Waals surface area contributed by atoms with Gasteiger partial charge in [0.25, 0.3) is 0 Å². The third-order valence-corrected chi connectivity index (χ3v) is 3.67. The van der Waals surface area contributed by atoms with E-state index in [4.69, 9.17) is 0 Å². The molecular formula is C13H7F3N2OS. The number of alkyl halides is 2. The van der Waals surface area contributed by atoms with Gasteiger partial charge in [-0.3, -0.25) is 0 Å². The minimum Gasteiger partial charge on any atom is -0.492 e. The molecule has 0 bridgehead atoms. The van der Waals surface area contributed by atoms with Crippen molar-refractivity contribution in [2.45, 2.75) is 5.92 Å². The molecule has 0 aliphatic heterocycles. The van der Waals surface area contributed by atoms with Gasteiger partial charge >= 0.3 is 5.92 Å². The number of fused-ring (bicyclic) bond motifs is 1. The fourth-order valence-electron chi connectivity index (χ4n) is 1.78. The molecule has 1 N–H and O–H groups in total. The van der Waals surface area contributed by atoms with Crippen LogP contribution in [0.2, 0.25) is 0 Å². The lowest BCUT2D eigenvalue weighted by Crippen LogP contribution is -2.19. The van der Waals surface area contributed by atoms with Crippen molar-refractivity contribution in [1.29, 1.82) is 0 Å². The molecular weight excluding hydrogens is 289 g/mol. The average molecular weight is 296 g/mol. The SMILES string of the molecule is Oc1nc(C(F)(F)c2ccc(F)cc2)nc2ccsc12. The van der Waals surface area contributed by atoms with Crippen LogP contribution in [0, 0.1) is 5.82 Å². The highest BCUT2D eigenvalue weighted by atomic mass is 32.1. The summed E-state index contributed by atoms with van der Waals surface area (Å²) in [6.45, 7) is 0. The van der Waals surface area contributed by atoms with E-state index in [1.54, 1.807) is 5.38 Å². The number of benzene rings is 1. The van der Waals surface area contributed by atoms with E-state index in [1.807, 2.05) is 0 Å². The number of hydrogen-bond donors (Lipinski definition) is 1. The van der Waals surface area contributed by atoms with Gasteiger partial charge in [-0.1, -0.05) is 0 Å². The molecule has 0 saturated heterocycles. The number of rotatable bonds is 2. The molecule has 3 rings (SSSR count). The summed E-state index contributed by atoms with van der Waals surface area (Å²) in [5.74, 6) is -5.42. The molecule has 20 heavy (non-hydrogen) atoms. The lowest BCUT2D eigenvalue weighted by molar-refractivity contribution is 0.0325. The number of aromatic nitrogens is 2. The quantitative estimate of drug-likeness (QED) is 0.784. The smallest absolute Gasteiger partial charge is 0.331 e. The van der Waals surface area contributed by atoms with Crippen molar-refractivity contribution in [2.75, 3.05) is 0 Å². The first kappa shape index (κ1) is 12.9. The Morgan fingerprint density at radius 3 is 2.45 bits per heavy atom. The van der Waals surface area contributed by atoms with Gasteiger partial charge in [-0.15, -0.1) is 11.3 Å². The van der Waals surface area contributed by atoms with Crippen LogP contribution in [0.3, 0.4) is 0 Å². The molecule has 0 aliphatic rings. The largest absolute Gasteiger partial charge is 0.492 e. The van der Waals surface area contributed by atoms with Gasteiger partial charge in [0.15, 0.2) is 0 Å². The summed E-state index contributed by atoms with van der Waals surface area (Å²) in [6, 6.07) is 5.32. The molecule has 3 aromatic rings. The highest BCUT2D eigenvalue weighted by molar-refractivity contribution is 7.17. The monoisotopic (exact) mass is 296 g/mol. The Labute approximate surface area is 115 Å². The van der Waals surface area contributed by atoms with Crippen LogP contribution in [-0.4, -0.2) is 15.1 Å². The summed E-state index contributed by atoms with van der Waals surface area (Å²) in [5, 5.41) is 11.3. The van der Waals surface area contributed by atoms with Gasteiger partial charge in [-0.25, -0.2) is 9.37 Å². The summed E-state index contributed by atoms with van der Waals surface area (Å²) >= 11 is 1.16. The molecule has 0 atom stereocenters. The molecule has 0 unspecified atom stereocenters. The Kier molecular flexibility index (Phi) is 2.86. The van der Waals surface area contributed by atoms with E-state index >= 15 is 0 Å². The summed E-state index contributed by atoms with van der Waals surface area (Å²) in [4.78, 5) is 7.22. The van der Waals surface area contributed by atoms with Crippen LogP contribution < -0.4 is 0 Å². The standard InChI is InChI=1S/C13H7F3N2OS/c14-8-3-1-7(2-4-8)13(15,16)12-17-9-5-6-20-10(9)11(19)18-12/h1-6H,(H,17,18,19). The topological polar surface area (TPSA) is 46.0 Å². The summed E-state index contributed by atoms with van der Waals surface area (Å²) in [6.07, 6.45) is 0. The van der Waals surface area contributed by atoms with E-state index in [0.717, 1.165) is 35.6 Å². The van der Waals surface area contributed by atoms with Gasteiger partial charge < -0.3 is 5.11 Å². The number of thiophene rings is 1. The molecule has 0 spiro atoms. The van der Waals surface area contributed by atoms with Crippen LogP contribution in [-0.2, 0) is 5.92 Å². The van der Waals surface area contributed by atoms with Crippen molar-refractivity contribution in [1.82, 2.24) is 9.97 Å². The number of aromatic hydroxyl groups is 1. The molecule has 1 aromatic carbocycles. The van der Waals surface area contributed by atoms with Crippen molar-refractivity contribution in [3.63, 3.8) is 0 Å². The van der Waals surface area contributed by atoms with E-state index in [1.165, 1.54) is 6.07 Å². The number of halogens is 3. The first-order valence-electron chi connectivity index (χ1n) is 5.57. The van der Waals surface area contributed by atoms with E-state index < -0.39 is 29.0 Å². The maximum atomic E-state index is 14.3. The summed E-state index contributed by atoms with van der Waals surface area (Å²) in [5.41, 5.74) is -0.188. The fourth-order valence-corrected chi connectivity index (χ4v) is 2.50. The minimum atomic E-state index is -3.51. The molecule has 7 heteroatoms. The number of nitrogens with zero attached hydrogens (tertiary/aromatic N) is 2. The molecule has 2 aromatic heterocycles. The highest BCUT2D eigenvalue weighted by Crippen LogP contribution is 2.36. The van der Waals surface area contributed by atoms with Gasteiger partial charge in [-0.2, -0.15) is 13.8 Å². The molecule has 0 radical (unpaired) electrons. The Morgan fingerprint density at radius 1 is 1.05 bits per heavy atom. The molecule has 0 saturated carbocycles. The average Bonchev–Trinajstić information content (AvgIpc) is 2.88. The normalized spacial score (nSPS) is 11.9. The maximum Gasteiger partial charge on any atom is 0.331 e. The highest BCUT2D eigenvalue weighted by Gasteiger charge is 2.38. The lowest BCUT2D eigenvalue weighted by Gasteiger charge is -2.15. The van der Waals surface area contributed by atoms with Gasteiger partial charge in [0.2, 0.25) is 11.7 Å². The second kappa shape index (κ2) is 4.45. The van der Waals surface area contributed by atoms with E-state index in [0.29, 0.717) is 4.70 Å². The lowest BCUT2D eigenvalue weighted by atomic mass is 10.1. The van der Waals surface area contributed by atoms with Crippen LogP contribution in [0.25, 0.3) is 10.2 Å². The van der Waals surface area contributed by atoms with Crippen LogP contribution in [0.5, 0.6) is 5.88 Å². The van der Waals surface area contributed by atoms with Crippen LogP contribution in [0.4, 0.5) is 13.2 Å². The maximum absolute atomic E-state index is 14.3.